The van der Waals surface area contributed by atoms with Gasteiger partial charge in [-0.25, -0.2) is 4.79 Å². The van der Waals surface area contributed by atoms with Crippen molar-refractivity contribution in [3.05, 3.63) is 47.1 Å². The number of nitrogens with zero attached hydrogens (tertiary/aromatic N) is 1. The number of hydrogen-bond acceptors (Lipinski definition) is 5. The Labute approximate surface area is 134 Å². The molecule has 2 rings (SSSR count). The van der Waals surface area contributed by atoms with E-state index in [4.69, 9.17) is 4.74 Å². The monoisotopic (exact) mass is 320 g/mol. The van der Waals surface area contributed by atoms with Crippen molar-refractivity contribution < 1.29 is 19.2 Å². The lowest BCUT2D eigenvalue weighted by Crippen LogP contribution is -2.62. The predicted molar refractivity (Wildman–Crippen MR) is 83.0 cm³/mol. The number of esters is 1. The molecule has 1 aliphatic heterocycles. The summed E-state index contributed by atoms with van der Waals surface area (Å²) >= 11 is 0. The lowest BCUT2D eigenvalue weighted by molar-refractivity contribution is -0.557. The van der Waals surface area contributed by atoms with Crippen LogP contribution in [0.1, 0.15) is 19.3 Å². The first kappa shape index (κ1) is 16.9. The maximum atomic E-state index is 12.5. The van der Waals surface area contributed by atoms with E-state index in [0.717, 1.165) is 20.0 Å². The van der Waals surface area contributed by atoms with Crippen LogP contribution in [0, 0.1) is 21.4 Å². The highest BCUT2D eigenvalue weighted by Gasteiger charge is 2.68. The van der Waals surface area contributed by atoms with Gasteiger partial charge >= 0.3 is 11.5 Å². The summed E-state index contributed by atoms with van der Waals surface area (Å²) in [5.74, 6) is -2.09. The predicted octanol–water partition coefficient (Wildman–Crippen LogP) is 1.39. The molecule has 1 N–H and O–H groups in total. The van der Waals surface area contributed by atoms with E-state index < -0.39 is 27.8 Å². The fraction of sp³-hybridized carbons (Fsp3) is 0.500. The van der Waals surface area contributed by atoms with E-state index in [2.05, 4.69) is 11.9 Å². The molecule has 0 bridgehead atoms. The minimum Gasteiger partial charge on any atom is -0.463 e. The van der Waals surface area contributed by atoms with E-state index in [-0.39, 0.29) is 5.91 Å². The van der Waals surface area contributed by atoms with Gasteiger partial charge in [0.25, 0.3) is 0 Å². The van der Waals surface area contributed by atoms with Crippen LogP contribution < -0.4 is 5.32 Å². The van der Waals surface area contributed by atoms with Crippen molar-refractivity contribution >= 4 is 11.9 Å². The van der Waals surface area contributed by atoms with Gasteiger partial charge in [0.15, 0.2) is 0 Å². The van der Waals surface area contributed by atoms with Crippen LogP contribution in [0.4, 0.5) is 0 Å². The molecule has 1 fully saturated rings. The number of hydrogen-bond donors (Lipinski definition) is 1. The van der Waals surface area contributed by atoms with E-state index in [1.54, 1.807) is 6.08 Å². The lowest BCUT2D eigenvalue weighted by Gasteiger charge is -2.42. The molecule has 0 radical (unpaired) electrons. The highest BCUT2D eigenvalue weighted by molar-refractivity contribution is 5.88. The van der Waals surface area contributed by atoms with Gasteiger partial charge in [-0.1, -0.05) is 30.7 Å². The first-order valence-corrected chi connectivity index (χ1v) is 7.47. The number of allylic oxidation sites excluding steroid dienone is 2. The molecule has 124 valence electrons. The van der Waals surface area contributed by atoms with Gasteiger partial charge < -0.3 is 10.1 Å². The van der Waals surface area contributed by atoms with Gasteiger partial charge in [-0.2, -0.15) is 0 Å². The number of amides is 1. The molecule has 3 unspecified atom stereocenters. The largest absolute Gasteiger partial charge is 0.463 e. The molecule has 7 nitrogen and oxygen atoms in total. The molecule has 0 aromatic heterocycles. The highest BCUT2D eigenvalue weighted by atomic mass is 16.6. The van der Waals surface area contributed by atoms with Gasteiger partial charge in [-0.05, 0) is 12.8 Å². The second kappa shape index (κ2) is 6.36. The summed E-state index contributed by atoms with van der Waals surface area (Å²) in [7, 11) is 1.10. The van der Waals surface area contributed by atoms with E-state index >= 15 is 0 Å². The molecule has 0 aromatic carbocycles. The maximum Gasteiger partial charge on any atom is 0.390 e. The van der Waals surface area contributed by atoms with Crippen LogP contribution in [0.5, 0.6) is 0 Å². The SMILES string of the molecule is C=CC1(C2CCCCNC2=O)C=CC=CC1(C(=O)OC)[N+](=O)[O-]. The molecule has 0 saturated carbocycles. The summed E-state index contributed by atoms with van der Waals surface area (Å²) in [6.07, 6.45) is 9.03. The number of methoxy groups -OCH3 is 1. The molecule has 7 heteroatoms. The van der Waals surface area contributed by atoms with Crippen molar-refractivity contribution in [2.75, 3.05) is 13.7 Å². The smallest absolute Gasteiger partial charge is 0.390 e. The average molecular weight is 320 g/mol. The summed E-state index contributed by atoms with van der Waals surface area (Å²) < 4.78 is 4.72. The van der Waals surface area contributed by atoms with Crippen molar-refractivity contribution in [2.45, 2.75) is 24.8 Å². The Kier molecular flexibility index (Phi) is 4.68. The zero-order chi connectivity index (χ0) is 17.1. The lowest BCUT2D eigenvalue weighted by atomic mass is 9.59. The van der Waals surface area contributed by atoms with Crippen LogP contribution in [0.3, 0.4) is 0 Å². The Hall–Kier alpha value is -2.44. The number of ether oxygens (including phenoxy) is 1. The number of carbonyl (C=O) groups is 2. The number of nitro groups is 1. The second-order valence-electron chi connectivity index (χ2n) is 5.71. The Morgan fingerprint density at radius 2 is 2.17 bits per heavy atom. The first-order chi connectivity index (χ1) is 11.0. The standard InChI is InChI=1S/C16H20N2O5/c1-3-15(12-8-4-7-11-17-13(12)19)9-5-6-10-16(15,18(21)22)14(20)23-2/h3,5-6,9-10,12H,1,4,7-8,11H2,2H3,(H,17,19). The van der Waals surface area contributed by atoms with Crippen LogP contribution in [0.15, 0.2) is 37.0 Å². The molecule has 1 saturated heterocycles. The Balaban J connectivity index is 2.68. The zero-order valence-corrected chi connectivity index (χ0v) is 13.0. The molecule has 1 heterocycles. The van der Waals surface area contributed by atoms with E-state index in [0.29, 0.717) is 13.0 Å². The quantitative estimate of drug-likeness (QED) is 0.365. The summed E-state index contributed by atoms with van der Waals surface area (Å²) in [4.78, 5) is 36.2. The van der Waals surface area contributed by atoms with Gasteiger partial charge in [0, 0.05) is 17.5 Å². The number of rotatable bonds is 4. The third-order valence-corrected chi connectivity index (χ3v) is 4.71. The normalized spacial score (nSPS) is 33.4. The average Bonchev–Trinajstić information content (AvgIpc) is 2.78. The molecule has 23 heavy (non-hydrogen) atoms. The molecule has 1 aliphatic carbocycles. The van der Waals surface area contributed by atoms with E-state index in [1.165, 1.54) is 24.3 Å². The van der Waals surface area contributed by atoms with E-state index in [9.17, 15) is 19.7 Å². The van der Waals surface area contributed by atoms with Crippen LogP contribution in [0.25, 0.3) is 0 Å². The van der Waals surface area contributed by atoms with Crippen LogP contribution in [-0.4, -0.2) is 36.0 Å². The van der Waals surface area contributed by atoms with Gasteiger partial charge in [-0.3, -0.25) is 14.9 Å². The molecular formula is C16H20N2O5. The summed E-state index contributed by atoms with van der Waals surface area (Å²) in [5.41, 5.74) is -3.68. The minimum atomic E-state index is -2.20. The van der Waals surface area contributed by atoms with Crippen molar-refractivity contribution in [2.24, 2.45) is 11.3 Å². The minimum absolute atomic E-state index is 0.308. The van der Waals surface area contributed by atoms with Crippen molar-refractivity contribution in [3.63, 3.8) is 0 Å². The highest BCUT2D eigenvalue weighted by Crippen LogP contribution is 2.49. The Morgan fingerprint density at radius 3 is 2.78 bits per heavy atom. The van der Waals surface area contributed by atoms with Gasteiger partial charge in [0.1, 0.15) is 5.41 Å². The molecule has 3 atom stereocenters. The van der Waals surface area contributed by atoms with Gasteiger partial charge in [0.2, 0.25) is 5.91 Å². The Morgan fingerprint density at radius 1 is 1.48 bits per heavy atom. The fourth-order valence-electron chi connectivity index (χ4n) is 3.52. The summed E-state index contributed by atoms with van der Waals surface area (Å²) in [6, 6.07) is 0. The molecule has 0 aromatic rings. The van der Waals surface area contributed by atoms with Crippen molar-refractivity contribution in [1.82, 2.24) is 5.32 Å². The first-order valence-electron chi connectivity index (χ1n) is 7.47. The summed E-state index contributed by atoms with van der Waals surface area (Å²) in [6.45, 7) is 4.23. The molecule has 1 amide bonds. The third-order valence-electron chi connectivity index (χ3n) is 4.71. The number of nitrogens with one attached hydrogen (secondary N) is 1. The van der Waals surface area contributed by atoms with Gasteiger partial charge in [-0.15, -0.1) is 6.58 Å². The molecule has 2 aliphatic rings. The summed E-state index contributed by atoms with van der Waals surface area (Å²) in [5, 5.41) is 14.7. The number of carbonyl (C=O) groups excluding carboxylic acids is 2. The Bertz CT molecular complexity index is 597. The van der Waals surface area contributed by atoms with Crippen molar-refractivity contribution in [3.8, 4) is 0 Å². The van der Waals surface area contributed by atoms with Gasteiger partial charge in [0.05, 0.1) is 13.0 Å². The van der Waals surface area contributed by atoms with Crippen LogP contribution in [0.2, 0.25) is 0 Å². The second-order valence-corrected chi connectivity index (χ2v) is 5.71. The van der Waals surface area contributed by atoms with E-state index in [1.807, 2.05) is 0 Å². The topological polar surface area (TPSA) is 98.5 Å². The third kappa shape index (κ3) is 2.36. The van der Waals surface area contributed by atoms with Crippen LogP contribution >= 0.6 is 0 Å². The van der Waals surface area contributed by atoms with Crippen LogP contribution in [-0.2, 0) is 14.3 Å². The molecular weight excluding hydrogens is 300 g/mol. The maximum absolute atomic E-state index is 12.5. The fourth-order valence-corrected chi connectivity index (χ4v) is 3.52. The molecule has 0 spiro atoms. The van der Waals surface area contributed by atoms with Crippen molar-refractivity contribution in [1.29, 1.82) is 0 Å². The zero-order valence-electron chi connectivity index (χ0n) is 13.0.